The zero-order valence-electron chi connectivity index (χ0n) is 14.4. The summed E-state index contributed by atoms with van der Waals surface area (Å²) in [5.74, 6) is 0.975. The molecule has 1 aromatic heterocycles. The Labute approximate surface area is 161 Å². The number of methoxy groups -OCH3 is 1. The lowest BCUT2D eigenvalue weighted by Gasteiger charge is -2.08. The van der Waals surface area contributed by atoms with Gasteiger partial charge in [-0.2, -0.15) is 5.10 Å². The number of ether oxygens (including phenoxy) is 1. The van der Waals surface area contributed by atoms with Crippen molar-refractivity contribution in [2.45, 2.75) is 6.10 Å². The second-order valence-electron chi connectivity index (χ2n) is 5.60. The number of hydrogen-bond donors (Lipinski definition) is 2. The average Bonchev–Trinajstić information content (AvgIpc) is 3.17. The highest BCUT2D eigenvalue weighted by molar-refractivity contribution is 6.32. The monoisotopic (exact) mass is 384 g/mol. The fraction of sp³-hybridized carbons (Fsp3) is 0.100. The molecule has 6 nitrogen and oxygen atoms in total. The molecule has 0 aliphatic carbocycles. The Bertz CT molecular complexity index is 954. The number of aliphatic hydroxyl groups is 1. The van der Waals surface area contributed by atoms with E-state index in [0.717, 1.165) is 5.56 Å². The second kappa shape index (κ2) is 8.53. The molecule has 1 amide bonds. The van der Waals surface area contributed by atoms with Crippen molar-refractivity contribution in [1.29, 1.82) is 0 Å². The molecule has 1 unspecified atom stereocenters. The Morgan fingerprint density at radius 2 is 2.00 bits per heavy atom. The largest absolute Gasteiger partial charge is 0.495 e. The van der Waals surface area contributed by atoms with Crippen molar-refractivity contribution in [3.05, 3.63) is 77.0 Å². The number of carbonyl (C=O) groups is 1. The molecular weight excluding hydrogens is 368 g/mol. The van der Waals surface area contributed by atoms with E-state index in [0.29, 0.717) is 27.9 Å². The van der Waals surface area contributed by atoms with Gasteiger partial charge in [0, 0.05) is 5.56 Å². The van der Waals surface area contributed by atoms with Gasteiger partial charge in [0.2, 0.25) is 0 Å². The van der Waals surface area contributed by atoms with Crippen LogP contribution in [0, 0.1) is 0 Å². The molecule has 0 aliphatic rings. The molecule has 0 saturated heterocycles. The molecule has 0 bridgehead atoms. The highest BCUT2D eigenvalue weighted by Gasteiger charge is 2.16. The van der Waals surface area contributed by atoms with E-state index in [2.05, 4.69) is 10.5 Å². The zero-order chi connectivity index (χ0) is 19.2. The first-order valence-corrected chi connectivity index (χ1v) is 8.46. The Morgan fingerprint density at radius 1 is 1.22 bits per heavy atom. The molecule has 0 aliphatic heterocycles. The van der Waals surface area contributed by atoms with Gasteiger partial charge in [-0.25, -0.2) is 5.43 Å². The van der Waals surface area contributed by atoms with Crippen LogP contribution in [-0.2, 0) is 4.79 Å². The molecular formula is C20H17ClN2O4. The predicted octanol–water partition coefficient (Wildman–Crippen LogP) is 3.79. The van der Waals surface area contributed by atoms with Crippen LogP contribution >= 0.6 is 11.6 Å². The molecule has 3 aromatic rings. The van der Waals surface area contributed by atoms with E-state index in [1.807, 2.05) is 6.07 Å². The normalized spacial score (nSPS) is 12.1. The lowest BCUT2D eigenvalue weighted by Crippen LogP contribution is -2.25. The number of furan rings is 1. The third-order valence-corrected chi connectivity index (χ3v) is 4.09. The number of hydrogen-bond acceptors (Lipinski definition) is 5. The number of nitrogens with one attached hydrogen (secondary N) is 1. The highest BCUT2D eigenvalue weighted by atomic mass is 35.5. The van der Waals surface area contributed by atoms with Crippen LogP contribution < -0.4 is 10.2 Å². The zero-order valence-corrected chi connectivity index (χ0v) is 15.2. The van der Waals surface area contributed by atoms with Gasteiger partial charge in [-0.1, -0.05) is 41.9 Å². The summed E-state index contributed by atoms with van der Waals surface area (Å²) in [6, 6.07) is 17.4. The first-order chi connectivity index (χ1) is 13.1. The number of halogens is 1. The topological polar surface area (TPSA) is 84.1 Å². The van der Waals surface area contributed by atoms with Gasteiger partial charge in [-0.3, -0.25) is 4.79 Å². The van der Waals surface area contributed by atoms with Crippen LogP contribution in [-0.4, -0.2) is 24.3 Å². The second-order valence-corrected chi connectivity index (χ2v) is 6.01. The van der Waals surface area contributed by atoms with Crippen molar-refractivity contribution < 1.29 is 19.1 Å². The molecule has 1 heterocycles. The first-order valence-electron chi connectivity index (χ1n) is 8.08. The summed E-state index contributed by atoms with van der Waals surface area (Å²) >= 11 is 6.12. The molecule has 1 atom stereocenters. The van der Waals surface area contributed by atoms with E-state index in [1.54, 1.807) is 61.7 Å². The van der Waals surface area contributed by atoms with Gasteiger partial charge in [0.25, 0.3) is 5.91 Å². The van der Waals surface area contributed by atoms with E-state index in [-0.39, 0.29) is 0 Å². The fourth-order valence-electron chi connectivity index (χ4n) is 2.40. The van der Waals surface area contributed by atoms with Crippen molar-refractivity contribution >= 4 is 23.7 Å². The summed E-state index contributed by atoms with van der Waals surface area (Å²) < 4.78 is 10.8. The molecule has 7 heteroatoms. The number of benzene rings is 2. The fourth-order valence-corrected chi connectivity index (χ4v) is 2.66. The SMILES string of the molecule is COc1ccc(-c2ccc(C=NNC(=O)C(O)c3ccccc3)o2)cc1Cl. The van der Waals surface area contributed by atoms with E-state index in [9.17, 15) is 9.90 Å². The Hall–Kier alpha value is -3.09. The van der Waals surface area contributed by atoms with Crippen LogP contribution in [0.4, 0.5) is 0 Å². The number of hydrazone groups is 1. The van der Waals surface area contributed by atoms with Crippen molar-refractivity contribution in [3.8, 4) is 17.1 Å². The number of amides is 1. The van der Waals surface area contributed by atoms with Gasteiger partial charge in [-0.05, 0) is 35.9 Å². The van der Waals surface area contributed by atoms with Gasteiger partial charge < -0.3 is 14.3 Å². The minimum Gasteiger partial charge on any atom is -0.495 e. The van der Waals surface area contributed by atoms with Gasteiger partial charge in [0.15, 0.2) is 6.10 Å². The van der Waals surface area contributed by atoms with E-state index in [1.165, 1.54) is 6.21 Å². The van der Waals surface area contributed by atoms with Crippen molar-refractivity contribution in [3.63, 3.8) is 0 Å². The molecule has 138 valence electrons. The summed E-state index contributed by atoms with van der Waals surface area (Å²) in [7, 11) is 1.55. The maximum Gasteiger partial charge on any atom is 0.273 e. The standard InChI is InChI=1S/C20H17ClN2O4/c1-26-18-9-7-14(11-16(18)21)17-10-8-15(27-17)12-22-23-20(25)19(24)13-5-3-2-4-6-13/h2-12,19,24H,1H3,(H,23,25). The quantitative estimate of drug-likeness (QED) is 0.500. The maximum absolute atomic E-state index is 11.9. The summed E-state index contributed by atoms with van der Waals surface area (Å²) in [5, 5.41) is 14.3. The van der Waals surface area contributed by atoms with Crippen molar-refractivity contribution in [2.75, 3.05) is 7.11 Å². The number of aliphatic hydroxyl groups excluding tert-OH is 1. The van der Waals surface area contributed by atoms with Crippen LogP contribution in [0.5, 0.6) is 5.75 Å². The number of rotatable bonds is 6. The lowest BCUT2D eigenvalue weighted by molar-refractivity contribution is -0.129. The van der Waals surface area contributed by atoms with Gasteiger partial charge in [0.05, 0.1) is 18.3 Å². The summed E-state index contributed by atoms with van der Waals surface area (Å²) in [5.41, 5.74) is 3.55. The molecule has 0 saturated carbocycles. The van der Waals surface area contributed by atoms with Crippen LogP contribution in [0.15, 0.2) is 70.2 Å². The summed E-state index contributed by atoms with van der Waals surface area (Å²) in [6.07, 6.45) is 0.0569. The smallest absolute Gasteiger partial charge is 0.273 e. The molecule has 27 heavy (non-hydrogen) atoms. The summed E-state index contributed by atoms with van der Waals surface area (Å²) in [4.78, 5) is 11.9. The van der Waals surface area contributed by atoms with Crippen LogP contribution in [0.2, 0.25) is 5.02 Å². The average molecular weight is 385 g/mol. The van der Waals surface area contributed by atoms with E-state index >= 15 is 0 Å². The van der Waals surface area contributed by atoms with Crippen molar-refractivity contribution in [1.82, 2.24) is 5.43 Å². The third-order valence-electron chi connectivity index (χ3n) is 3.79. The number of carbonyl (C=O) groups excluding carboxylic acids is 1. The lowest BCUT2D eigenvalue weighted by atomic mass is 10.1. The van der Waals surface area contributed by atoms with E-state index < -0.39 is 12.0 Å². The van der Waals surface area contributed by atoms with Gasteiger partial charge >= 0.3 is 0 Å². The molecule has 3 rings (SSSR count). The minimum atomic E-state index is -1.29. The Morgan fingerprint density at radius 3 is 2.70 bits per heavy atom. The van der Waals surface area contributed by atoms with Crippen LogP contribution in [0.1, 0.15) is 17.4 Å². The first kappa shape index (κ1) is 18.7. The highest BCUT2D eigenvalue weighted by Crippen LogP contribution is 2.30. The number of nitrogens with zero attached hydrogens (tertiary/aromatic N) is 1. The van der Waals surface area contributed by atoms with Gasteiger partial charge in [0.1, 0.15) is 17.3 Å². The van der Waals surface area contributed by atoms with Crippen LogP contribution in [0.25, 0.3) is 11.3 Å². The predicted molar refractivity (Wildman–Crippen MR) is 103 cm³/mol. The molecule has 2 N–H and O–H groups in total. The van der Waals surface area contributed by atoms with Crippen molar-refractivity contribution in [2.24, 2.45) is 5.10 Å². The third kappa shape index (κ3) is 4.55. The Kier molecular flexibility index (Phi) is 5.90. The van der Waals surface area contributed by atoms with Crippen LogP contribution in [0.3, 0.4) is 0 Å². The Balaban J connectivity index is 1.63. The molecule has 2 aromatic carbocycles. The van der Waals surface area contributed by atoms with E-state index in [4.69, 9.17) is 20.8 Å². The minimum absolute atomic E-state index is 0.437. The maximum atomic E-state index is 11.9. The molecule has 0 spiro atoms. The molecule has 0 fully saturated rings. The summed E-state index contributed by atoms with van der Waals surface area (Å²) in [6.45, 7) is 0. The molecule has 0 radical (unpaired) electrons. The van der Waals surface area contributed by atoms with Gasteiger partial charge in [-0.15, -0.1) is 0 Å².